The molecule has 1 aliphatic heterocycles. The molecule has 9 heteroatoms. The molecule has 1 aliphatic rings. The first-order valence-corrected chi connectivity index (χ1v) is 9.41. The van der Waals surface area contributed by atoms with Gasteiger partial charge in [0.25, 0.3) is 5.91 Å². The van der Waals surface area contributed by atoms with Crippen LogP contribution in [0.5, 0.6) is 0 Å². The minimum Gasteiger partial charge on any atom is -0.352 e. The van der Waals surface area contributed by atoms with Crippen LogP contribution in [0.4, 0.5) is 5.82 Å². The molecule has 0 bridgehead atoms. The number of pyridine rings is 1. The Balaban J connectivity index is 1.40. The fourth-order valence-electron chi connectivity index (χ4n) is 3.87. The Kier molecular flexibility index (Phi) is 4.01. The molecule has 9 nitrogen and oxygen atoms in total. The molecule has 146 valence electrons. The van der Waals surface area contributed by atoms with Crippen LogP contribution in [0.25, 0.3) is 21.9 Å². The van der Waals surface area contributed by atoms with Crippen LogP contribution in [-0.4, -0.2) is 61.7 Å². The highest BCUT2D eigenvalue weighted by molar-refractivity contribution is 6.06. The maximum atomic E-state index is 13.1. The number of H-pyrrole nitrogens is 1. The topological polar surface area (TPSA) is 100 Å². The zero-order valence-electron chi connectivity index (χ0n) is 15.9. The molecule has 4 heterocycles. The number of fused-ring (bicyclic) bond motifs is 2. The number of aryl methyl sites for hydroxylation is 1. The zero-order valence-corrected chi connectivity index (χ0v) is 15.9. The Bertz CT molecular complexity index is 1280. The van der Waals surface area contributed by atoms with Crippen molar-refractivity contribution >= 4 is 33.7 Å². The Morgan fingerprint density at radius 1 is 1.07 bits per heavy atom. The van der Waals surface area contributed by atoms with Gasteiger partial charge in [-0.25, -0.2) is 9.97 Å². The third-order valence-electron chi connectivity index (χ3n) is 5.36. The van der Waals surface area contributed by atoms with Gasteiger partial charge in [0.15, 0.2) is 5.65 Å². The zero-order chi connectivity index (χ0) is 20.0. The molecule has 29 heavy (non-hydrogen) atoms. The van der Waals surface area contributed by atoms with Crippen molar-refractivity contribution in [1.82, 2.24) is 29.6 Å². The highest BCUT2D eigenvalue weighted by Gasteiger charge is 2.25. The largest absolute Gasteiger partial charge is 0.352 e. The van der Waals surface area contributed by atoms with Crippen LogP contribution < -0.4 is 10.5 Å². The van der Waals surface area contributed by atoms with Crippen molar-refractivity contribution in [3.63, 3.8) is 0 Å². The summed E-state index contributed by atoms with van der Waals surface area (Å²) in [6, 6.07) is 8.75. The summed E-state index contributed by atoms with van der Waals surface area (Å²) < 4.78 is 1.72. The Morgan fingerprint density at radius 3 is 2.69 bits per heavy atom. The summed E-state index contributed by atoms with van der Waals surface area (Å²) in [6.45, 7) is 2.39. The molecule has 0 atom stereocenters. The SMILES string of the molecule is Cn1ncc2c(N3CCN(C(=O)c4cc(=O)[nH]c5ccccc45)CC3)ncnc21. The number of amides is 1. The maximum absolute atomic E-state index is 13.1. The summed E-state index contributed by atoms with van der Waals surface area (Å²) in [6.07, 6.45) is 3.31. The summed E-state index contributed by atoms with van der Waals surface area (Å²) >= 11 is 0. The number of aromatic nitrogens is 5. The molecule has 0 aliphatic carbocycles. The predicted octanol–water partition coefficient (Wildman–Crippen LogP) is 1.17. The Labute approximate surface area is 165 Å². The molecule has 1 aromatic carbocycles. The van der Waals surface area contributed by atoms with Crippen LogP contribution in [-0.2, 0) is 7.05 Å². The molecule has 0 unspecified atom stereocenters. The van der Waals surface area contributed by atoms with Crippen molar-refractivity contribution < 1.29 is 4.79 Å². The molecule has 0 spiro atoms. The molecule has 1 saturated heterocycles. The number of hydrogen-bond acceptors (Lipinski definition) is 6. The van der Waals surface area contributed by atoms with Gasteiger partial charge in [-0.15, -0.1) is 0 Å². The summed E-state index contributed by atoms with van der Waals surface area (Å²) in [5.74, 6) is 0.706. The van der Waals surface area contributed by atoms with Gasteiger partial charge < -0.3 is 14.8 Å². The van der Waals surface area contributed by atoms with Crippen molar-refractivity contribution in [1.29, 1.82) is 0 Å². The average Bonchev–Trinajstić information content (AvgIpc) is 3.14. The number of hydrogen-bond donors (Lipinski definition) is 1. The first kappa shape index (κ1) is 17.4. The second-order valence-electron chi connectivity index (χ2n) is 7.07. The van der Waals surface area contributed by atoms with Gasteiger partial charge in [0, 0.05) is 50.2 Å². The number of nitrogens with zero attached hydrogens (tertiary/aromatic N) is 6. The van der Waals surface area contributed by atoms with E-state index in [4.69, 9.17) is 0 Å². The van der Waals surface area contributed by atoms with Crippen molar-refractivity contribution in [2.75, 3.05) is 31.1 Å². The smallest absolute Gasteiger partial charge is 0.254 e. The number of carbonyl (C=O) groups is 1. The molecule has 1 amide bonds. The second kappa shape index (κ2) is 6.69. The quantitative estimate of drug-likeness (QED) is 0.552. The molecule has 4 aromatic rings. The summed E-state index contributed by atoms with van der Waals surface area (Å²) in [5.41, 5.74) is 1.62. The van der Waals surface area contributed by atoms with Gasteiger partial charge in [-0.3, -0.25) is 14.3 Å². The minimum absolute atomic E-state index is 0.124. The molecule has 1 fully saturated rings. The van der Waals surface area contributed by atoms with Crippen LogP contribution in [0.3, 0.4) is 0 Å². The van der Waals surface area contributed by atoms with E-state index >= 15 is 0 Å². The van der Waals surface area contributed by atoms with Gasteiger partial charge in [0.05, 0.1) is 17.1 Å². The lowest BCUT2D eigenvalue weighted by Crippen LogP contribution is -2.49. The number of aromatic amines is 1. The van der Waals surface area contributed by atoms with E-state index in [0.29, 0.717) is 37.3 Å². The van der Waals surface area contributed by atoms with E-state index < -0.39 is 0 Å². The van der Waals surface area contributed by atoms with E-state index in [1.165, 1.54) is 6.07 Å². The first-order chi connectivity index (χ1) is 14.1. The van der Waals surface area contributed by atoms with Crippen LogP contribution in [0.2, 0.25) is 0 Å². The fourth-order valence-corrected chi connectivity index (χ4v) is 3.87. The van der Waals surface area contributed by atoms with Crippen LogP contribution in [0.15, 0.2) is 47.7 Å². The van der Waals surface area contributed by atoms with Gasteiger partial charge in [0.2, 0.25) is 5.56 Å². The van der Waals surface area contributed by atoms with Crippen LogP contribution >= 0.6 is 0 Å². The van der Waals surface area contributed by atoms with E-state index in [1.54, 1.807) is 28.2 Å². The van der Waals surface area contributed by atoms with E-state index in [1.807, 2.05) is 25.2 Å². The van der Waals surface area contributed by atoms with Gasteiger partial charge in [0.1, 0.15) is 12.1 Å². The van der Waals surface area contributed by atoms with Gasteiger partial charge in [-0.1, -0.05) is 18.2 Å². The third-order valence-corrected chi connectivity index (χ3v) is 5.36. The van der Waals surface area contributed by atoms with Crippen molar-refractivity contribution in [3.8, 4) is 0 Å². The lowest BCUT2D eigenvalue weighted by atomic mass is 10.1. The summed E-state index contributed by atoms with van der Waals surface area (Å²) in [5, 5.41) is 5.92. The number of nitrogens with one attached hydrogen (secondary N) is 1. The number of piperazine rings is 1. The molecule has 5 rings (SSSR count). The van der Waals surface area contributed by atoms with Crippen molar-refractivity contribution in [3.05, 3.63) is 58.8 Å². The van der Waals surface area contributed by atoms with Crippen molar-refractivity contribution in [2.45, 2.75) is 0 Å². The number of anilines is 1. The normalized spacial score (nSPS) is 14.7. The number of benzene rings is 1. The van der Waals surface area contributed by atoms with E-state index in [2.05, 4.69) is 25.0 Å². The maximum Gasteiger partial charge on any atom is 0.254 e. The van der Waals surface area contributed by atoms with Gasteiger partial charge in [-0.05, 0) is 6.07 Å². The van der Waals surface area contributed by atoms with E-state index in [9.17, 15) is 9.59 Å². The highest BCUT2D eigenvalue weighted by atomic mass is 16.2. The molecular formula is C20H19N7O2. The molecule has 0 radical (unpaired) electrons. The average molecular weight is 389 g/mol. The number of rotatable bonds is 2. The molecule has 0 saturated carbocycles. The first-order valence-electron chi connectivity index (χ1n) is 9.41. The van der Waals surface area contributed by atoms with Gasteiger partial charge >= 0.3 is 0 Å². The fraction of sp³-hybridized carbons (Fsp3) is 0.250. The van der Waals surface area contributed by atoms with E-state index in [0.717, 1.165) is 22.2 Å². The summed E-state index contributed by atoms with van der Waals surface area (Å²) in [7, 11) is 1.85. The monoisotopic (exact) mass is 389 g/mol. The Hall–Kier alpha value is -3.75. The Morgan fingerprint density at radius 2 is 1.86 bits per heavy atom. The second-order valence-corrected chi connectivity index (χ2v) is 7.07. The van der Waals surface area contributed by atoms with Crippen LogP contribution in [0.1, 0.15) is 10.4 Å². The van der Waals surface area contributed by atoms with Crippen molar-refractivity contribution in [2.24, 2.45) is 7.05 Å². The third kappa shape index (κ3) is 2.91. The predicted molar refractivity (Wildman–Crippen MR) is 109 cm³/mol. The van der Waals surface area contributed by atoms with E-state index in [-0.39, 0.29) is 11.5 Å². The lowest BCUT2D eigenvalue weighted by molar-refractivity contribution is 0.0748. The standard InChI is InChI=1S/C20H19N7O2/c1-25-18-15(11-23-25)19(22-12-21-18)26-6-8-27(9-7-26)20(29)14-10-17(28)24-16-5-3-2-4-13(14)16/h2-5,10-12H,6-9H2,1H3,(H,24,28). The molecular weight excluding hydrogens is 370 g/mol. The highest BCUT2D eigenvalue weighted by Crippen LogP contribution is 2.24. The summed E-state index contributed by atoms with van der Waals surface area (Å²) in [4.78, 5) is 40.6. The number of carbonyl (C=O) groups excluding carboxylic acids is 1. The lowest BCUT2D eigenvalue weighted by Gasteiger charge is -2.35. The van der Waals surface area contributed by atoms with Crippen LogP contribution in [0, 0.1) is 0 Å². The minimum atomic E-state index is -0.273. The number of para-hydroxylation sites is 1. The van der Waals surface area contributed by atoms with Gasteiger partial charge in [-0.2, -0.15) is 5.10 Å². The molecule has 3 aromatic heterocycles. The molecule has 1 N–H and O–H groups in total.